The summed E-state index contributed by atoms with van der Waals surface area (Å²) in [6.07, 6.45) is -2.00. The van der Waals surface area contributed by atoms with Crippen LogP contribution in [0.3, 0.4) is 0 Å². The molecule has 1 aromatic rings. The second-order valence-corrected chi connectivity index (χ2v) is 7.03. The normalized spacial score (nSPS) is 25.5. The molecule has 0 spiro atoms. The molecule has 3 nitrogen and oxygen atoms in total. The third-order valence-corrected chi connectivity index (χ3v) is 5.12. The molecular weight excluding hydrogens is 313 g/mol. The zero-order valence-electron chi connectivity index (χ0n) is 12.1. The van der Waals surface area contributed by atoms with Crippen molar-refractivity contribution in [3.8, 4) is 5.75 Å². The van der Waals surface area contributed by atoms with Gasteiger partial charge in [-0.05, 0) is 49.7 Å². The fraction of sp³-hybridized carbons (Fsp3) is 0.600. The van der Waals surface area contributed by atoms with Gasteiger partial charge >= 0.3 is 6.18 Å². The SMILES string of the molecule is NC1SC1c1cc(OCCN2CCCC2)cc(C(F)(F)F)c1. The van der Waals surface area contributed by atoms with Gasteiger partial charge in [-0.1, -0.05) is 0 Å². The molecule has 2 heterocycles. The second kappa shape index (κ2) is 6.29. The molecular formula is C15H19F3N2OS. The molecule has 2 fully saturated rings. The van der Waals surface area contributed by atoms with Gasteiger partial charge in [-0.15, -0.1) is 11.8 Å². The van der Waals surface area contributed by atoms with E-state index in [1.165, 1.54) is 30.7 Å². The van der Waals surface area contributed by atoms with E-state index in [2.05, 4.69) is 4.90 Å². The molecule has 0 radical (unpaired) electrons. The van der Waals surface area contributed by atoms with Crippen LogP contribution in [0.5, 0.6) is 5.75 Å². The van der Waals surface area contributed by atoms with Crippen LogP contribution in [-0.4, -0.2) is 36.5 Å². The van der Waals surface area contributed by atoms with Crippen molar-refractivity contribution in [1.29, 1.82) is 0 Å². The van der Waals surface area contributed by atoms with Crippen molar-refractivity contribution < 1.29 is 17.9 Å². The first-order valence-electron chi connectivity index (χ1n) is 7.42. The first-order valence-corrected chi connectivity index (χ1v) is 8.36. The van der Waals surface area contributed by atoms with E-state index in [0.717, 1.165) is 25.7 Å². The van der Waals surface area contributed by atoms with E-state index in [1.807, 2.05) is 0 Å². The molecule has 122 valence electrons. The standard InChI is InChI=1S/C15H19F3N2OS/c16-15(17,18)11-7-10(13-14(19)22-13)8-12(9-11)21-6-5-20-3-1-2-4-20/h7-9,13-14H,1-6,19H2. The minimum atomic E-state index is -4.37. The van der Waals surface area contributed by atoms with E-state index < -0.39 is 11.7 Å². The Morgan fingerprint density at radius 3 is 2.50 bits per heavy atom. The minimum absolute atomic E-state index is 0.0526. The molecule has 2 atom stereocenters. The van der Waals surface area contributed by atoms with Gasteiger partial charge in [-0.3, -0.25) is 4.90 Å². The number of hydrogen-bond donors (Lipinski definition) is 1. The molecule has 3 rings (SSSR count). The minimum Gasteiger partial charge on any atom is -0.492 e. The van der Waals surface area contributed by atoms with Crippen LogP contribution in [-0.2, 0) is 6.18 Å². The Morgan fingerprint density at radius 2 is 1.91 bits per heavy atom. The third-order valence-electron chi connectivity index (χ3n) is 3.99. The first kappa shape index (κ1) is 16.0. The van der Waals surface area contributed by atoms with Crippen molar-refractivity contribution >= 4 is 11.8 Å². The van der Waals surface area contributed by atoms with Crippen LogP contribution in [0, 0.1) is 0 Å². The Labute approximate surface area is 132 Å². The van der Waals surface area contributed by atoms with Crippen molar-refractivity contribution in [2.45, 2.75) is 29.6 Å². The van der Waals surface area contributed by atoms with E-state index in [-0.39, 0.29) is 16.4 Å². The Bertz CT molecular complexity index is 532. The highest BCUT2D eigenvalue weighted by atomic mass is 32.2. The van der Waals surface area contributed by atoms with Crippen LogP contribution >= 0.6 is 11.8 Å². The Kier molecular flexibility index (Phi) is 4.56. The van der Waals surface area contributed by atoms with Gasteiger partial charge in [-0.2, -0.15) is 13.2 Å². The number of nitrogens with zero attached hydrogens (tertiary/aromatic N) is 1. The molecule has 22 heavy (non-hydrogen) atoms. The molecule has 1 aromatic carbocycles. The van der Waals surface area contributed by atoms with Gasteiger partial charge in [0.05, 0.1) is 16.2 Å². The zero-order valence-corrected chi connectivity index (χ0v) is 12.9. The van der Waals surface area contributed by atoms with Gasteiger partial charge in [0.25, 0.3) is 0 Å². The van der Waals surface area contributed by atoms with Crippen LogP contribution in [0.15, 0.2) is 18.2 Å². The molecule has 0 bridgehead atoms. The van der Waals surface area contributed by atoms with Gasteiger partial charge in [0.2, 0.25) is 0 Å². The number of hydrogen-bond acceptors (Lipinski definition) is 4. The number of thioether (sulfide) groups is 1. The molecule has 2 unspecified atom stereocenters. The Hall–Kier alpha value is -0.920. The lowest BCUT2D eigenvalue weighted by Gasteiger charge is -2.16. The Balaban J connectivity index is 1.68. The molecule has 2 aliphatic heterocycles. The van der Waals surface area contributed by atoms with Crippen LogP contribution in [0.25, 0.3) is 0 Å². The number of alkyl halides is 3. The van der Waals surface area contributed by atoms with Gasteiger partial charge in [0, 0.05) is 6.54 Å². The predicted octanol–water partition coefficient (Wildman–Crippen LogP) is 3.25. The lowest BCUT2D eigenvalue weighted by atomic mass is 10.1. The number of ether oxygens (including phenoxy) is 1. The molecule has 2 N–H and O–H groups in total. The maximum absolute atomic E-state index is 13.0. The van der Waals surface area contributed by atoms with Crippen molar-refractivity contribution in [1.82, 2.24) is 4.90 Å². The molecule has 2 saturated heterocycles. The summed E-state index contributed by atoms with van der Waals surface area (Å²) in [7, 11) is 0. The first-order chi connectivity index (χ1) is 10.4. The van der Waals surface area contributed by atoms with Gasteiger partial charge in [-0.25, -0.2) is 0 Å². The average Bonchev–Trinajstić information content (AvgIpc) is 2.97. The monoisotopic (exact) mass is 332 g/mol. The summed E-state index contributed by atoms with van der Waals surface area (Å²) in [6.45, 7) is 3.25. The van der Waals surface area contributed by atoms with Crippen molar-refractivity contribution in [3.05, 3.63) is 29.3 Å². The number of likely N-dealkylation sites (tertiary alicyclic amines) is 1. The lowest BCUT2D eigenvalue weighted by Crippen LogP contribution is -2.25. The molecule has 0 amide bonds. The number of nitrogens with two attached hydrogens (primary N) is 1. The van der Waals surface area contributed by atoms with Crippen LogP contribution in [0.4, 0.5) is 13.2 Å². The molecule has 2 aliphatic rings. The summed E-state index contributed by atoms with van der Waals surface area (Å²) in [6, 6.07) is 3.94. The van der Waals surface area contributed by atoms with Crippen molar-refractivity contribution in [2.75, 3.05) is 26.2 Å². The topological polar surface area (TPSA) is 38.5 Å². The fourth-order valence-electron chi connectivity index (χ4n) is 2.72. The quantitative estimate of drug-likeness (QED) is 0.840. The lowest BCUT2D eigenvalue weighted by molar-refractivity contribution is -0.137. The largest absolute Gasteiger partial charge is 0.492 e. The predicted molar refractivity (Wildman–Crippen MR) is 80.9 cm³/mol. The molecule has 7 heteroatoms. The number of benzene rings is 1. The maximum Gasteiger partial charge on any atom is 0.416 e. The van der Waals surface area contributed by atoms with Gasteiger partial charge in [0.15, 0.2) is 0 Å². The van der Waals surface area contributed by atoms with E-state index in [0.29, 0.717) is 12.2 Å². The summed E-state index contributed by atoms with van der Waals surface area (Å²) in [5.74, 6) is 0.281. The van der Waals surface area contributed by atoms with E-state index in [9.17, 15) is 13.2 Å². The highest BCUT2D eigenvalue weighted by Crippen LogP contribution is 2.52. The van der Waals surface area contributed by atoms with Gasteiger partial charge < -0.3 is 10.5 Å². The van der Waals surface area contributed by atoms with Crippen LogP contribution in [0.1, 0.15) is 29.2 Å². The molecule has 0 saturated carbocycles. The highest BCUT2D eigenvalue weighted by Gasteiger charge is 2.39. The second-order valence-electron chi connectivity index (χ2n) is 5.71. The maximum atomic E-state index is 13.0. The molecule has 0 aromatic heterocycles. The average molecular weight is 332 g/mol. The third kappa shape index (κ3) is 3.88. The smallest absolute Gasteiger partial charge is 0.416 e. The summed E-state index contributed by atoms with van der Waals surface area (Å²) in [5, 5.41) is -0.163. The highest BCUT2D eigenvalue weighted by molar-refractivity contribution is 8.07. The van der Waals surface area contributed by atoms with Crippen LogP contribution in [0.2, 0.25) is 0 Å². The summed E-state index contributed by atoms with van der Waals surface area (Å²) in [4.78, 5) is 2.27. The summed E-state index contributed by atoms with van der Waals surface area (Å²) in [5.41, 5.74) is 5.66. The van der Waals surface area contributed by atoms with E-state index in [1.54, 1.807) is 6.07 Å². The van der Waals surface area contributed by atoms with Crippen LogP contribution < -0.4 is 10.5 Å². The Morgan fingerprint density at radius 1 is 1.23 bits per heavy atom. The zero-order chi connectivity index (χ0) is 15.7. The van der Waals surface area contributed by atoms with Crippen molar-refractivity contribution in [3.63, 3.8) is 0 Å². The fourth-order valence-corrected chi connectivity index (χ4v) is 3.42. The van der Waals surface area contributed by atoms with E-state index in [4.69, 9.17) is 10.5 Å². The summed E-state index contributed by atoms with van der Waals surface area (Å²) >= 11 is 1.46. The number of rotatable bonds is 5. The van der Waals surface area contributed by atoms with Crippen molar-refractivity contribution in [2.24, 2.45) is 5.73 Å². The summed E-state index contributed by atoms with van der Waals surface area (Å²) < 4.78 is 44.6. The molecule has 0 aliphatic carbocycles. The van der Waals surface area contributed by atoms with Gasteiger partial charge in [0.1, 0.15) is 12.4 Å². The van der Waals surface area contributed by atoms with E-state index >= 15 is 0 Å². The number of halogens is 3.